The van der Waals surface area contributed by atoms with Gasteiger partial charge in [0.15, 0.2) is 5.11 Å². The molecule has 0 radical (unpaired) electrons. The van der Waals surface area contributed by atoms with Gasteiger partial charge in [-0.25, -0.2) is 4.79 Å². The molecule has 1 heterocycles. The van der Waals surface area contributed by atoms with Crippen molar-refractivity contribution in [3.05, 3.63) is 98.9 Å². The van der Waals surface area contributed by atoms with Crippen LogP contribution in [0.15, 0.2) is 82.0 Å². The summed E-state index contributed by atoms with van der Waals surface area (Å²) in [6, 6.07) is 19.4. The average molecular weight is 475 g/mol. The highest BCUT2D eigenvalue weighted by Crippen LogP contribution is 2.30. The zero-order valence-electron chi connectivity index (χ0n) is 17.7. The number of anilines is 1. The van der Waals surface area contributed by atoms with E-state index in [1.165, 1.54) is 31.4 Å². The van der Waals surface area contributed by atoms with Crippen molar-refractivity contribution in [3.8, 4) is 16.9 Å². The SMILES string of the molecule is COc1ccc(-c2cc3ccccc3oc2=O)cc1NC(=S)NC(=O)c1ccccc1[N+](=O)[O-]. The summed E-state index contributed by atoms with van der Waals surface area (Å²) in [4.78, 5) is 35.7. The number of carbonyl (C=O) groups is 1. The highest BCUT2D eigenvalue weighted by Gasteiger charge is 2.20. The number of benzene rings is 3. The maximum absolute atomic E-state index is 12.6. The number of nitrogens with zero attached hydrogens (tertiary/aromatic N) is 1. The second-order valence-electron chi connectivity index (χ2n) is 7.08. The van der Waals surface area contributed by atoms with Crippen molar-refractivity contribution >= 4 is 45.6 Å². The summed E-state index contributed by atoms with van der Waals surface area (Å²) in [6.45, 7) is 0. The molecule has 170 valence electrons. The molecule has 4 aromatic rings. The molecule has 0 aliphatic carbocycles. The van der Waals surface area contributed by atoms with Crippen LogP contribution in [-0.2, 0) is 0 Å². The van der Waals surface area contributed by atoms with Crippen LogP contribution in [0.2, 0.25) is 0 Å². The molecule has 9 nitrogen and oxygen atoms in total. The Morgan fingerprint density at radius 1 is 1.06 bits per heavy atom. The Labute approximate surface area is 198 Å². The van der Waals surface area contributed by atoms with Crippen LogP contribution in [0.5, 0.6) is 5.75 Å². The van der Waals surface area contributed by atoms with Gasteiger partial charge in [0.25, 0.3) is 11.6 Å². The highest BCUT2D eigenvalue weighted by molar-refractivity contribution is 7.80. The zero-order valence-corrected chi connectivity index (χ0v) is 18.5. The van der Waals surface area contributed by atoms with Gasteiger partial charge in [0.2, 0.25) is 0 Å². The van der Waals surface area contributed by atoms with Crippen molar-refractivity contribution in [1.29, 1.82) is 0 Å². The number of thiocarbonyl (C=S) groups is 1. The van der Waals surface area contributed by atoms with Gasteiger partial charge < -0.3 is 14.5 Å². The van der Waals surface area contributed by atoms with Crippen LogP contribution in [0.4, 0.5) is 11.4 Å². The lowest BCUT2D eigenvalue weighted by atomic mass is 10.0. The molecule has 1 amide bonds. The molecular formula is C24H17N3O6S. The topological polar surface area (TPSA) is 124 Å². The molecule has 1 aromatic heterocycles. The third kappa shape index (κ3) is 4.62. The van der Waals surface area contributed by atoms with Crippen LogP contribution in [-0.4, -0.2) is 23.1 Å². The minimum Gasteiger partial charge on any atom is -0.495 e. The summed E-state index contributed by atoms with van der Waals surface area (Å²) in [5.41, 5.74) is 0.732. The summed E-state index contributed by atoms with van der Waals surface area (Å²) in [5.74, 6) is -0.341. The number of fused-ring (bicyclic) bond motifs is 1. The van der Waals surface area contributed by atoms with Gasteiger partial charge in [-0.1, -0.05) is 36.4 Å². The minimum atomic E-state index is -0.741. The zero-order chi connectivity index (χ0) is 24.2. The van der Waals surface area contributed by atoms with Gasteiger partial charge in [-0.2, -0.15) is 0 Å². The number of hydrogen-bond acceptors (Lipinski definition) is 7. The van der Waals surface area contributed by atoms with Gasteiger partial charge in [-0.15, -0.1) is 0 Å². The molecule has 0 unspecified atom stereocenters. The normalized spacial score (nSPS) is 10.5. The Hall–Kier alpha value is -4.57. The van der Waals surface area contributed by atoms with E-state index in [0.29, 0.717) is 28.1 Å². The number of para-hydroxylation sites is 2. The van der Waals surface area contributed by atoms with E-state index in [0.717, 1.165) is 5.39 Å². The lowest BCUT2D eigenvalue weighted by Crippen LogP contribution is -2.34. The van der Waals surface area contributed by atoms with E-state index in [-0.39, 0.29) is 16.4 Å². The smallest absolute Gasteiger partial charge is 0.344 e. The quantitative estimate of drug-likeness (QED) is 0.187. The van der Waals surface area contributed by atoms with E-state index in [9.17, 15) is 19.7 Å². The van der Waals surface area contributed by atoms with Gasteiger partial charge in [0.1, 0.15) is 16.9 Å². The van der Waals surface area contributed by atoms with Crippen LogP contribution in [0.1, 0.15) is 10.4 Å². The number of hydrogen-bond donors (Lipinski definition) is 2. The second kappa shape index (κ2) is 9.51. The van der Waals surface area contributed by atoms with Crippen molar-refractivity contribution < 1.29 is 18.9 Å². The maximum Gasteiger partial charge on any atom is 0.344 e. The number of nitrogens with one attached hydrogen (secondary N) is 2. The van der Waals surface area contributed by atoms with E-state index < -0.39 is 16.5 Å². The van der Waals surface area contributed by atoms with Crippen molar-refractivity contribution in [3.63, 3.8) is 0 Å². The number of ether oxygens (including phenoxy) is 1. The highest BCUT2D eigenvalue weighted by atomic mass is 32.1. The predicted octanol–water partition coefficient (Wildman–Crippen LogP) is 4.50. The Morgan fingerprint density at radius 3 is 2.56 bits per heavy atom. The van der Waals surface area contributed by atoms with E-state index in [1.807, 2.05) is 12.1 Å². The van der Waals surface area contributed by atoms with E-state index in [1.54, 1.807) is 36.4 Å². The monoisotopic (exact) mass is 475 g/mol. The molecule has 0 saturated carbocycles. The molecule has 0 aliphatic rings. The van der Waals surface area contributed by atoms with E-state index in [4.69, 9.17) is 21.4 Å². The van der Waals surface area contributed by atoms with Crippen molar-refractivity contribution in [2.45, 2.75) is 0 Å². The first-order valence-corrected chi connectivity index (χ1v) is 10.4. The third-order valence-electron chi connectivity index (χ3n) is 4.97. The predicted molar refractivity (Wildman–Crippen MR) is 131 cm³/mol. The first-order valence-electron chi connectivity index (χ1n) is 9.94. The summed E-state index contributed by atoms with van der Waals surface area (Å²) in [6.07, 6.45) is 0. The molecule has 0 spiro atoms. The van der Waals surface area contributed by atoms with E-state index in [2.05, 4.69) is 10.6 Å². The van der Waals surface area contributed by atoms with Crippen LogP contribution < -0.4 is 21.0 Å². The van der Waals surface area contributed by atoms with Crippen LogP contribution >= 0.6 is 12.2 Å². The first kappa shape index (κ1) is 22.6. The first-order chi connectivity index (χ1) is 16.4. The Balaban J connectivity index is 1.62. The molecule has 0 bridgehead atoms. The molecule has 2 N–H and O–H groups in total. The molecule has 0 saturated heterocycles. The maximum atomic E-state index is 12.6. The van der Waals surface area contributed by atoms with Crippen LogP contribution in [0.3, 0.4) is 0 Å². The van der Waals surface area contributed by atoms with Gasteiger partial charge >= 0.3 is 5.63 Å². The molecule has 0 aliphatic heterocycles. The Morgan fingerprint density at radius 2 is 1.79 bits per heavy atom. The molecule has 0 atom stereocenters. The number of rotatable bonds is 5. The molecule has 0 fully saturated rings. The van der Waals surface area contributed by atoms with Gasteiger partial charge in [-0.3, -0.25) is 20.2 Å². The lowest BCUT2D eigenvalue weighted by Gasteiger charge is -2.14. The number of nitro groups is 1. The minimum absolute atomic E-state index is 0.107. The fraction of sp³-hybridized carbons (Fsp3) is 0.0417. The summed E-state index contributed by atoms with van der Waals surface area (Å²) >= 11 is 5.23. The molecule has 34 heavy (non-hydrogen) atoms. The second-order valence-corrected chi connectivity index (χ2v) is 7.49. The largest absolute Gasteiger partial charge is 0.495 e. The number of amides is 1. The van der Waals surface area contributed by atoms with Crippen molar-refractivity contribution in [2.75, 3.05) is 12.4 Å². The molecule has 3 aromatic carbocycles. The summed E-state index contributed by atoms with van der Waals surface area (Å²) in [5, 5.41) is 17.1. The van der Waals surface area contributed by atoms with Crippen LogP contribution in [0.25, 0.3) is 22.1 Å². The number of methoxy groups -OCH3 is 1. The van der Waals surface area contributed by atoms with Crippen LogP contribution in [0, 0.1) is 10.1 Å². The molecular weight excluding hydrogens is 458 g/mol. The van der Waals surface area contributed by atoms with Gasteiger partial charge in [0, 0.05) is 11.5 Å². The fourth-order valence-corrected chi connectivity index (χ4v) is 3.59. The summed E-state index contributed by atoms with van der Waals surface area (Å²) in [7, 11) is 1.46. The molecule has 4 rings (SSSR count). The lowest BCUT2D eigenvalue weighted by molar-refractivity contribution is -0.385. The average Bonchev–Trinajstić information content (AvgIpc) is 2.83. The van der Waals surface area contributed by atoms with E-state index >= 15 is 0 Å². The number of nitro benzene ring substituents is 1. The third-order valence-corrected chi connectivity index (χ3v) is 5.18. The van der Waals surface area contributed by atoms with Gasteiger partial charge in [-0.05, 0) is 48.1 Å². The van der Waals surface area contributed by atoms with Gasteiger partial charge in [0.05, 0.1) is 23.3 Å². The number of carbonyl (C=O) groups excluding carboxylic acids is 1. The summed E-state index contributed by atoms with van der Waals surface area (Å²) < 4.78 is 10.8. The van der Waals surface area contributed by atoms with Crippen molar-refractivity contribution in [2.24, 2.45) is 0 Å². The Kier molecular flexibility index (Phi) is 6.33. The van der Waals surface area contributed by atoms with Crippen molar-refractivity contribution in [1.82, 2.24) is 5.32 Å². The fourth-order valence-electron chi connectivity index (χ4n) is 3.39. The Bertz CT molecular complexity index is 1500. The molecule has 10 heteroatoms. The standard InChI is InChI=1S/C24H17N3O6S/c1-32-21-11-10-14(17-12-15-6-2-5-9-20(15)33-23(17)29)13-18(21)25-24(34)26-22(28)16-7-3-4-8-19(16)27(30)31/h2-13H,1H3,(H2,25,26,28,34).